The normalized spacial score (nSPS) is 22.1. The zero-order valence-corrected chi connectivity index (χ0v) is 11.5. The van der Waals surface area contributed by atoms with E-state index in [1.807, 2.05) is 0 Å². The lowest BCUT2D eigenvalue weighted by Gasteiger charge is -2.23. The molecular weight excluding hydrogens is 281 g/mol. The molecule has 0 aliphatic carbocycles. The summed E-state index contributed by atoms with van der Waals surface area (Å²) in [5.41, 5.74) is -0.640. The second-order valence-corrected chi connectivity index (χ2v) is 5.67. The monoisotopic (exact) mass is 295 g/mol. The average Bonchev–Trinajstić information content (AvgIpc) is 2.86. The van der Waals surface area contributed by atoms with Gasteiger partial charge in [-0.2, -0.15) is 11.8 Å². The minimum atomic E-state index is -1.19. The van der Waals surface area contributed by atoms with E-state index in [1.54, 1.807) is 12.1 Å². The van der Waals surface area contributed by atoms with Gasteiger partial charge in [-0.15, -0.1) is 0 Å². The molecule has 0 radical (unpaired) electrons. The highest BCUT2D eigenvalue weighted by atomic mass is 32.2. The summed E-state index contributed by atoms with van der Waals surface area (Å²) >= 11 is 1.50. The highest BCUT2D eigenvalue weighted by Crippen LogP contribution is 2.28. The SMILES string of the molecule is O=C(C=Cc1cccc(F)c1)NC1(C(=O)O)CCSC1. The molecule has 1 aromatic carbocycles. The van der Waals surface area contributed by atoms with Gasteiger partial charge in [0.05, 0.1) is 0 Å². The topological polar surface area (TPSA) is 66.4 Å². The summed E-state index contributed by atoms with van der Waals surface area (Å²) in [4.78, 5) is 23.1. The minimum absolute atomic E-state index is 0.363. The molecule has 1 aliphatic rings. The molecule has 0 saturated carbocycles. The number of rotatable bonds is 4. The summed E-state index contributed by atoms with van der Waals surface area (Å²) in [6, 6.07) is 5.80. The molecule has 1 fully saturated rings. The fourth-order valence-corrected chi connectivity index (χ4v) is 3.27. The standard InChI is InChI=1S/C14H14FNO3S/c15-11-3-1-2-10(8-11)4-5-12(17)16-14(13(18)19)6-7-20-9-14/h1-5,8H,6-7,9H2,(H,16,17)(H,18,19). The lowest BCUT2D eigenvalue weighted by molar-refractivity contribution is -0.145. The van der Waals surface area contributed by atoms with Crippen molar-refractivity contribution in [3.63, 3.8) is 0 Å². The molecule has 1 unspecified atom stereocenters. The number of amides is 1. The molecule has 1 heterocycles. The number of carbonyl (C=O) groups is 2. The van der Waals surface area contributed by atoms with Crippen molar-refractivity contribution in [1.29, 1.82) is 0 Å². The van der Waals surface area contributed by atoms with E-state index in [2.05, 4.69) is 5.32 Å². The fourth-order valence-electron chi connectivity index (χ4n) is 1.95. The summed E-state index contributed by atoms with van der Waals surface area (Å²) < 4.78 is 13.0. The highest BCUT2D eigenvalue weighted by Gasteiger charge is 2.42. The van der Waals surface area contributed by atoms with E-state index in [9.17, 15) is 19.1 Å². The van der Waals surface area contributed by atoms with Crippen LogP contribution in [0.4, 0.5) is 4.39 Å². The molecular formula is C14H14FNO3S. The number of carboxylic acid groups (broad SMARTS) is 1. The second kappa shape index (κ2) is 6.09. The van der Waals surface area contributed by atoms with Gasteiger partial charge in [-0.25, -0.2) is 9.18 Å². The number of hydrogen-bond acceptors (Lipinski definition) is 3. The van der Waals surface area contributed by atoms with Crippen molar-refractivity contribution in [3.8, 4) is 0 Å². The van der Waals surface area contributed by atoms with Crippen molar-refractivity contribution in [2.45, 2.75) is 12.0 Å². The van der Waals surface area contributed by atoms with Crippen LogP contribution >= 0.6 is 11.8 Å². The Bertz CT molecular complexity index is 553. The van der Waals surface area contributed by atoms with Crippen molar-refractivity contribution in [3.05, 3.63) is 41.7 Å². The van der Waals surface area contributed by atoms with Gasteiger partial charge >= 0.3 is 5.97 Å². The van der Waals surface area contributed by atoms with Gasteiger partial charge in [-0.3, -0.25) is 4.79 Å². The molecule has 1 aliphatic heterocycles. The van der Waals surface area contributed by atoms with Gasteiger partial charge in [-0.1, -0.05) is 12.1 Å². The van der Waals surface area contributed by atoms with E-state index >= 15 is 0 Å². The average molecular weight is 295 g/mol. The largest absolute Gasteiger partial charge is 0.479 e. The van der Waals surface area contributed by atoms with Gasteiger partial charge in [-0.05, 0) is 35.9 Å². The van der Waals surface area contributed by atoms with Crippen molar-refractivity contribution in [1.82, 2.24) is 5.32 Å². The highest BCUT2D eigenvalue weighted by molar-refractivity contribution is 7.99. The van der Waals surface area contributed by atoms with Crippen LogP contribution in [0.5, 0.6) is 0 Å². The molecule has 2 N–H and O–H groups in total. The van der Waals surface area contributed by atoms with Gasteiger partial charge in [0.25, 0.3) is 0 Å². The summed E-state index contributed by atoms with van der Waals surface area (Å²) in [6.07, 6.45) is 3.09. The first kappa shape index (κ1) is 14.6. The maximum absolute atomic E-state index is 13.0. The molecule has 6 heteroatoms. The fraction of sp³-hybridized carbons (Fsp3) is 0.286. The van der Waals surface area contributed by atoms with Crippen LogP contribution in [0.15, 0.2) is 30.3 Å². The van der Waals surface area contributed by atoms with Crippen LogP contribution in [-0.4, -0.2) is 34.0 Å². The predicted octanol–water partition coefficient (Wildman–Crippen LogP) is 1.92. The summed E-state index contributed by atoms with van der Waals surface area (Å²) in [6.45, 7) is 0. The molecule has 20 heavy (non-hydrogen) atoms. The van der Waals surface area contributed by atoms with Gasteiger partial charge in [0.1, 0.15) is 11.4 Å². The number of carboxylic acids is 1. The molecule has 0 bridgehead atoms. The maximum atomic E-state index is 13.0. The van der Waals surface area contributed by atoms with E-state index in [1.165, 1.54) is 36.0 Å². The quantitative estimate of drug-likeness (QED) is 0.833. The number of halogens is 1. The zero-order chi connectivity index (χ0) is 14.6. The number of benzene rings is 1. The van der Waals surface area contributed by atoms with Gasteiger partial charge in [0, 0.05) is 11.8 Å². The van der Waals surface area contributed by atoms with Crippen LogP contribution < -0.4 is 5.32 Å². The van der Waals surface area contributed by atoms with Gasteiger partial charge < -0.3 is 10.4 Å². The maximum Gasteiger partial charge on any atom is 0.330 e. The van der Waals surface area contributed by atoms with E-state index < -0.39 is 17.4 Å². The molecule has 4 nitrogen and oxygen atoms in total. The molecule has 2 rings (SSSR count). The van der Waals surface area contributed by atoms with Gasteiger partial charge in [0.2, 0.25) is 5.91 Å². The second-order valence-electron chi connectivity index (χ2n) is 4.57. The van der Waals surface area contributed by atoms with Gasteiger partial charge in [0.15, 0.2) is 0 Å². The summed E-state index contributed by atoms with van der Waals surface area (Å²) in [5.74, 6) is -0.821. The van der Waals surface area contributed by atoms with Crippen LogP contribution in [0.2, 0.25) is 0 Å². The third-order valence-corrected chi connectivity index (χ3v) is 4.26. The Morgan fingerprint density at radius 2 is 2.25 bits per heavy atom. The van der Waals surface area contributed by atoms with Crippen LogP contribution in [0, 0.1) is 5.82 Å². The summed E-state index contributed by atoms with van der Waals surface area (Å²) in [7, 11) is 0. The molecule has 1 saturated heterocycles. The zero-order valence-electron chi connectivity index (χ0n) is 10.6. The van der Waals surface area contributed by atoms with Crippen molar-refractivity contribution in [2.75, 3.05) is 11.5 Å². The third-order valence-electron chi connectivity index (χ3n) is 3.07. The van der Waals surface area contributed by atoms with E-state index in [-0.39, 0.29) is 5.82 Å². The van der Waals surface area contributed by atoms with Crippen LogP contribution in [-0.2, 0) is 9.59 Å². The first-order chi connectivity index (χ1) is 9.52. The molecule has 106 valence electrons. The van der Waals surface area contributed by atoms with E-state index in [0.717, 1.165) is 0 Å². The Labute approximate surface area is 120 Å². The first-order valence-corrected chi connectivity index (χ1v) is 7.24. The Morgan fingerprint density at radius 3 is 2.85 bits per heavy atom. The predicted molar refractivity (Wildman–Crippen MR) is 75.9 cm³/mol. The lowest BCUT2D eigenvalue weighted by Crippen LogP contribution is -2.54. The van der Waals surface area contributed by atoms with Crippen molar-refractivity contribution >= 4 is 29.7 Å². The minimum Gasteiger partial charge on any atom is -0.479 e. The molecule has 0 spiro atoms. The Hall–Kier alpha value is -1.82. The molecule has 1 atom stereocenters. The molecule has 0 aromatic heterocycles. The summed E-state index contributed by atoms with van der Waals surface area (Å²) in [5, 5.41) is 11.8. The number of aliphatic carboxylic acids is 1. The van der Waals surface area contributed by atoms with Crippen LogP contribution in [0.25, 0.3) is 6.08 Å². The molecule has 1 aromatic rings. The third kappa shape index (κ3) is 3.39. The number of carbonyl (C=O) groups excluding carboxylic acids is 1. The lowest BCUT2D eigenvalue weighted by atomic mass is 9.99. The van der Waals surface area contributed by atoms with E-state index in [4.69, 9.17) is 0 Å². The van der Waals surface area contributed by atoms with Crippen LogP contribution in [0.3, 0.4) is 0 Å². The number of thioether (sulfide) groups is 1. The van der Waals surface area contributed by atoms with Crippen molar-refractivity contribution in [2.24, 2.45) is 0 Å². The van der Waals surface area contributed by atoms with E-state index in [0.29, 0.717) is 23.5 Å². The number of hydrogen-bond donors (Lipinski definition) is 2. The van der Waals surface area contributed by atoms with Crippen LogP contribution in [0.1, 0.15) is 12.0 Å². The van der Waals surface area contributed by atoms with Crippen molar-refractivity contribution < 1.29 is 19.1 Å². The Kier molecular flexibility index (Phi) is 4.44. The Morgan fingerprint density at radius 1 is 1.45 bits per heavy atom. The smallest absolute Gasteiger partial charge is 0.330 e. The Balaban J connectivity index is 2.03. The molecule has 1 amide bonds. The number of nitrogens with one attached hydrogen (secondary N) is 1. The first-order valence-electron chi connectivity index (χ1n) is 6.09.